The maximum Gasteiger partial charge on any atom is 0.116 e. The Morgan fingerprint density at radius 2 is 2.00 bits per heavy atom. The molecule has 0 amide bonds. The van der Waals surface area contributed by atoms with Gasteiger partial charge in [0.05, 0.1) is 12.0 Å². The summed E-state index contributed by atoms with van der Waals surface area (Å²) in [5.41, 5.74) is 6.50. The molecule has 2 heterocycles. The molecule has 2 aliphatic heterocycles. The van der Waals surface area contributed by atoms with E-state index in [0.717, 1.165) is 58.2 Å². The quantitative estimate of drug-likeness (QED) is 0.653. The molecule has 0 aromatic rings. The Labute approximate surface area is 183 Å². The highest BCUT2D eigenvalue weighted by Gasteiger charge is 2.52. The Morgan fingerprint density at radius 3 is 2.63 bits per heavy atom. The van der Waals surface area contributed by atoms with Gasteiger partial charge >= 0.3 is 0 Å². The molecule has 4 nitrogen and oxygen atoms in total. The molecule has 10 atom stereocenters. The third kappa shape index (κ3) is 3.91. The normalized spacial score (nSPS) is 51.9. The van der Waals surface area contributed by atoms with Crippen molar-refractivity contribution in [1.82, 2.24) is 9.62 Å². The number of fused-ring (bicyclic) bond motifs is 2. The summed E-state index contributed by atoms with van der Waals surface area (Å²) >= 11 is 1.79. The number of hydrogen-bond acceptors (Lipinski definition) is 5. The number of hydrogen-bond donors (Lipinski definition) is 2. The van der Waals surface area contributed by atoms with Gasteiger partial charge in [0.15, 0.2) is 0 Å². The van der Waals surface area contributed by atoms with Crippen LogP contribution >= 0.6 is 11.9 Å². The smallest absolute Gasteiger partial charge is 0.116 e. The van der Waals surface area contributed by atoms with Crippen LogP contribution in [0.1, 0.15) is 57.8 Å². The summed E-state index contributed by atoms with van der Waals surface area (Å²) in [6.07, 6.45) is 6.17. The first-order valence-corrected chi connectivity index (χ1v) is 12.9. The summed E-state index contributed by atoms with van der Waals surface area (Å²) in [5, 5.41) is 9.64. The van der Waals surface area contributed by atoms with E-state index in [1.807, 2.05) is 0 Å². The minimum Gasteiger partial charge on any atom is -0.324 e. The Bertz CT molecular complexity index is 668. The summed E-state index contributed by atoms with van der Waals surface area (Å²) in [4.78, 5) is 2.49. The minimum absolute atomic E-state index is 0.0239. The van der Waals surface area contributed by atoms with E-state index in [4.69, 9.17) is 5.73 Å². The van der Waals surface area contributed by atoms with Crippen LogP contribution in [0.3, 0.4) is 0 Å². The molecule has 2 bridgehead atoms. The number of nitriles is 1. The average Bonchev–Trinajstić information content (AvgIpc) is 3.45. The standard InChI is InChI=1S/C23H36F2N4S/c24-19-4-3-17(14-1-2-15(11-26)20(25)9-14)22(21-6-8-28-30-21)18(19)12-29-13-23(27)7-5-16(29)10-23/h14-22,28H,1-10,12-13,27H2/t14?,15?,16-,17?,18?,19?,20?,21?,22?,23-/m0/s1. The zero-order chi connectivity index (χ0) is 20.9. The van der Waals surface area contributed by atoms with Crippen molar-refractivity contribution in [3.8, 4) is 6.07 Å². The highest BCUT2D eigenvalue weighted by atomic mass is 32.2. The van der Waals surface area contributed by atoms with Crippen LogP contribution in [0.25, 0.3) is 0 Å². The molecule has 8 unspecified atom stereocenters. The lowest BCUT2D eigenvalue weighted by atomic mass is 9.61. The van der Waals surface area contributed by atoms with Crippen LogP contribution in [-0.4, -0.2) is 53.7 Å². The summed E-state index contributed by atoms with van der Waals surface area (Å²) in [5.74, 6) is 0.537. The summed E-state index contributed by atoms with van der Waals surface area (Å²) in [6, 6.07) is 2.69. The maximum atomic E-state index is 15.5. The van der Waals surface area contributed by atoms with Crippen LogP contribution in [0.4, 0.5) is 8.78 Å². The van der Waals surface area contributed by atoms with E-state index >= 15 is 4.39 Å². The summed E-state index contributed by atoms with van der Waals surface area (Å²) < 4.78 is 33.6. The molecule has 0 aromatic heterocycles. The zero-order valence-electron chi connectivity index (χ0n) is 17.8. The first kappa shape index (κ1) is 21.4. The van der Waals surface area contributed by atoms with E-state index < -0.39 is 18.3 Å². The average molecular weight is 439 g/mol. The van der Waals surface area contributed by atoms with Crippen molar-refractivity contribution in [2.24, 2.45) is 35.3 Å². The fourth-order valence-electron chi connectivity index (χ4n) is 7.63. The molecular weight excluding hydrogens is 402 g/mol. The van der Waals surface area contributed by atoms with E-state index in [9.17, 15) is 9.65 Å². The lowest BCUT2D eigenvalue weighted by Crippen LogP contribution is -2.52. The van der Waals surface area contributed by atoms with Gasteiger partial charge in [0.2, 0.25) is 0 Å². The zero-order valence-corrected chi connectivity index (χ0v) is 18.6. The van der Waals surface area contributed by atoms with E-state index in [1.54, 1.807) is 11.9 Å². The van der Waals surface area contributed by atoms with E-state index in [-0.39, 0.29) is 17.4 Å². The molecule has 3 saturated carbocycles. The second-order valence-corrected chi connectivity index (χ2v) is 12.0. The van der Waals surface area contributed by atoms with Gasteiger partial charge in [-0.1, -0.05) is 11.9 Å². The lowest BCUT2D eigenvalue weighted by molar-refractivity contribution is -0.0142. The molecular formula is C23H36F2N4S. The molecule has 3 aliphatic carbocycles. The molecule has 3 N–H and O–H groups in total. The maximum absolute atomic E-state index is 15.5. The largest absolute Gasteiger partial charge is 0.324 e. The van der Waals surface area contributed by atoms with E-state index in [0.29, 0.717) is 42.4 Å². The van der Waals surface area contributed by atoms with Crippen molar-refractivity contribution in [1.29, 1.82) is 5.26 Å². The third-order valence-corrected chi connectivity index (χ3v) is 10.3. The second kappa shape index (κ2) is 8.50. The number of halogens is 2. The number of rotatable bonds is 4. The third-order valence-electron chi connectivity index (χ3n) is 9.11. The molecule has 0 radical (unpaired) electrons. The van der Waals surface area contributed by atoms with Crippen molar-refractivity contribution in [2.75, 3.05) is 19.6 Å². The van der Waals surface area contributed by atoms with Crippen molar-refractivity contribution < 1.29 is 8.78 Å². The van der Waals surface area contributed by atoms with Crippen LogP contribution < -0.4 is 10.5 Å². The highest BCUT2D eigenvalue weighted by molar-refractivity contribution is 7.98. The van der Waals surface area contributed by atoms with Gasteiger partial charge in [0.25, 0.3) is 0 Å². The van der Waals surface area contributed by atoms with E-state index in [2.05, 4.69) is 15.7 Å². The Kier molecular flexibility index (Phi) is 6.07. The predicted molar refractivity (Wildman–Crippen MR) is 116 cm³/mol. The predicted octanol–water partition coefficient (Wildman–Crippen LogP) is 3.82. The van der Waals surface area contributed by atoms with Crippen molar-refractivity contribution >= 4 is 11.9 Å². The Balaban J connectivity index is 1.36. The molecule has 5 rings (SSSR count). The molecule has 2 saturated heterocycles. The Hall–Kier alpha value is -0.420. The van der Waals surface area contributed by atoms with Crippen LogP contribution in [0.5, 0.6) is 0 Å². The molecule has 5 aliphatic rings. The van der Waals surface area contributed by atoms with E-state index in [1.165, 1.54) is 0 Å². The van der Waals surface area contributed by atoms with Gasteiger partial charge in [0, 0.05) is 42.4 Å². The SMILES string of the molecule is N#CC1CCC(C2CCC(F)C(CN3C[C@]4(N)CC[C@H]3C4)C2C2CCNS2)CC1F. The number of nitrogens with two attached hydrogens (primary N) is 1. The molecule has 168 valence electrons. The van der Waals surface area contributed by atoms with Crippen molar-refractivity contribution in [2.45, 2.75) is 87.0 Å². The molecule has 0 spiro atoms. The fraction of sp³-hybridized carbons (Fsp3) is 0.957. The van der Waals surface area contributed by atoms with Crippen LogP contribution in [0.2, 0.25) is 0 Å². The number of alkyl halides is 2. The molecule has 30 heavy (non-hydrogen) atoms. The van der Waals surface area contributed by atoms with Crippen LogP contribution in [-0.2, 0) is 0 Å². The van der Waals surface area contributed by atoms with Crippen LogP contribution in [0, 0.1) is 40.9 Å². The first-order valence-electron chi connectivity index (χ1n) is 12.1. The van der Waals surface area contributed by atoms with Crippen LogP contribution in [0.15, 0.2) is 0 Å². The number of nitrogens with one attached hydrogen (secondary N) is 1. The fourth-order valence-corrected chi connectivity index (χ4v) is 8.88. The monoisotopic (exact) mass is 438 g/mol. The molecule has 5 fully saturated rings. The lowest BCUT2D eigenvalue weighted by Gasteiger charge is -2.49. The van der Waals surface area contributed by atoms with Gasteiger partial charge in [-0.05, 0) is 75.5 Å². The van der Waals surface area contributed by atoms with Gasteiger partial charge in [0.1, 0.15) is 12.3 Å². The minimum atomic E-state index is -1.02. The molecule has 0 aromatic carbocycles. The summed E-state index contributed by atoms with van der Waals surface area (Å²) in [6.45, 7) is 2.71. The first-order chi connectivity index (χ1) is 14.5. The second-order valence-electron chi connectivity index (χ2n) is 10.9. The van der Waals surface area contributed by atoms with Gasteiger partial charge in [-0.3, -0.25) is 9.62 Å². The number of piperidine rings is 1. The van der Waals surface area contributed by atoms with Gasteiger partial charge in [-0.15, -0.1) is 0 Å². The number of nitrogens with zero attached hydrogens (tertiary/aromatic N) is 2. The topological polar surface area (TPSA) is 65.1 Å². The molecule has 7 heteroatoms. The van der Waals surface area contributed by atoms with Gasteiger partial charge in [-0.2, -0.15) is 5.26 Å². The van der Waals surface area contributed by atoms with Crippen molar-refractivity contribution in [3.63, 3.8) is 0 Å². The highest BCUT2D eigenvalue weighted by Crippen LogP contribution is 2.51. The summed E-state index contributed by atoms with van der Waals surface area (Å²) in [7, 11) is 0. The van der Waals surface area contributed by atoms with Gasteiger partial charge < -0.3 is 5.73 Å². The van der Waals surface area contributed by atoms with Gasteiger partial charge in [-0.25, -0.2) is 8.78 Å². The van der Waals surface area contributed by atoms with Crippen molar-refractivity contribution in [3.05, 3.63) is 0 Å². The number of likely N-dealkylation sites (tertiary alicyclic amines) is 1. The Morgan fingerprint density at radius 1 is 1.13 bits per heavy atom.